The van der Waals surface area contributed by atoms with Crippen molar-refractivity contribution in [3.8, 4) is 0 Å². The van der Waals surface area contributed by atoms with Crippen LogP contribution in [0.2, 0.25) is 0 Å². The van der Waals surface area contributed by atoms with Crippen LogP contribution in [0, 0.1) is 11.6 Å². The molecular weight excluding hydrogens is 394 g/mol. The summed E-state index contributed by atoms with van der Waals surface area (Å²) in [5, 5.41) is 2.50. The van der Waals surface area contributed by atoms with Crippen LogP contribution >= 0.6 is 0 Å². The lowest BCUT2D eigenvalue weighted by Crippen LogP contribution is -2.38. The van der Waals surface area contributed by atoms with Crippen molar-refractivity contribution in [3.63, 3.8) is 0 Å². The van der Waals surface area contributed by atoms with Gasteiger partial charge in [-0.15, -0.1) is 0 Å². The largest absolute Gasteiger partial charge is 0.452 e. The van der Waals surface area contributed by atoms with Crippen LogP contribution < -0.4 is 10.0 Å². The van der Waals surface area contributed by atoms with Crippen molar-refractivity contribution in [2.45, 2.75) is 24.5 Å². The van der Waals surface area contributed by atoms with E-state index in [1.165, 1.54) is 43.3 Å². The normalized spacial score (nSPS) is 12.2. The van der Waals surface area contributed by atoms with Gasteiger partial charge in [0.1, 0.15) is 23.1 Å². The molecule has 0 aromatic heterocycles. The first-order chi connectivity index (χ1) is 13.2. The second kappa shape index (κ2) is 9.38. The Labute approximate surface area is 160 Å². The van der Waals surface area contributed by atoms with Crippen molar-refractivity contribution in [1.82, 2.24) is 10.0 Å². The molecule has 0 bridgehead atoms. The Morgan fingerprint density at radius 2 is 1.71 bits per heavy atom. The summed E-state index contributed by atoms with van der Waals surface area (Å²) in [7, 11) is -4.25. The number of esters is 1. The maximum absolute atomic E-state index is 13.6. The van der Waals surface area contributed by atoms with Gasteiger partial charge in [-0.1, -0.05) is 24.3 Å². The van der Waals surface area contributed by atoms with Gasteiger partial charge < -0.3 is 10.1 Å². The fourth-order valence-corrected chi connectivity index (χ4v) is 3.17. The molecule has 0 heterocycles. The lowest BCUT2D eigenvalue weighted by molar-refractivity contribution is -0.153. The molecule has 0 saturated heterocycles. The predicted octanol–water partition coefficient (Wildman–Crippen LogP) is 1.49. The fourth-order valence-electron chi connectivity index (χ4n) is 2.12. The summed E-state index contributed by atoms with van der Waals surface area (Å²) in [6.07, 6.45) is -1.19. The topological polar surface area (TPSA) is 102 Å². The average Bonchev–Trinajstić information content (AvgIpc) is 2.66. The van der Waals surface area contributed by atoms with Crippen LogP contribution in [0.25, 0.3) is 0 Å². The van der Waals surface area contributed by atoms with Gasteiger partial charge in [-0.05, 0) is 36.8 Å². The highest BCUT2D eigenvalue weighted by Crippen LogP contribution is 2.12. The van der Waals surface area contributed by atoms with E-state index in [2.05, 4.69) is 5.32 Å². The third-order valence-electron chi connectivity index (χ3n) is 3.59. The number of benzene rings is 2. The van der Waals surface area contributed by atoms with E-state index in [9.17, 15) is 26.8 Å². The van der Waals surface area contributed by atoms with E-state index in [1.807, 2.05) is 4.72 Å². The van der Waals surface area contributed by atoms with Crippen LogP contribution in [0.3, 0.4) is 0 Å². The number of halogens is 2. The molecule has 150 valence electrons. The molecule has 0 fully saturated rings. The van der Waals surface area contributed by atoms with Gasteiger partial charge in [0.15, 0.2) is 6.10 Å². The molecule has 0 saturated carbocycles. The molecule has 2 rings (SSSR count). The Balaban J connectivity index is 1.82. The molecular formula is C18H18F2N2O5S. The quantitative estimate of drug-likeness (QED) is 0.640. The van der Waals surface area contributed by atoms with Gasteiger partial charge in [0, 0.05) is 6.54 Å². The van der Waals surface area contributed by atoms with Gasteiger partial charge in [0.05, 0.1) is 0 Å². The molecule has 0 aliphatic rings. The van der Waals surface area contributed by atoms with Crippen molar-refractivity contribution in [3.05, 3.63) is 65.7 Å². The minimum atomic E-state index is -4.25. The van der Waals surface area contributed by atoms with Crippen LogP contribution in [0.1, 0.15) is 12.5 Å². The molecule has 7 nitrogen and oxygen atoms in total. The van der Waals surface area contributed by atoms with Gasteiger partial charge >= 0.3 is 5.97 Å². The van der Waals surface area contributed by atoms with Crippen LogP contribution in [-0.2, 0) is 30.9 Å². The maximum atomic E-state index is 13.6. The van der Waals surface area contributed by atoms with Crippen LogP contribution in [0.5, 0.6) is 0 Å². The van der Waals surface area contributed by atoms with Gasteiger partial charge in [0.2, 0.25) is 10.0 Å². The number of nitrogens with one attached hydrogen (secondary N) is 2. The maximum Gasteiger partial charge on any atom is 0.321 e. The van der Waals surface area contributed by atoms with Crippen molar-refractivity contribution in [1.29, 1.82) is 0 Å². The van der Waals surface area contributed by atoms with E-state index in [4.69, 9.17) is 4.74 Å². The highest BCUT2D eigenvalue weighted by atomic mass is 32.2. The number of hydrogen-bond donors (Lipinski definition) is 2. The molecule has 1 amide bonds. The van der Waals surface area contributed by atoms with E-state index in [0.29, 0.717) is 5.56 Å². The van der Waals surface area contributed by atoms with Gasteiger partial charge in [-0.3, -0.25) is 9.59 Å². The first kappa shape index (κ1) is 21.5. The summed E-state index contributed by atoms with van der Waals surface area (Å²) < 4.78 is 57.1. The lowest BCUT2D eigenvalue weighted by atomic mass is 10.2. The van der Waals surface area contributed by atoms with Gasteiger partial charge in [0.25, 0.3) is 5.91 Å². The SMILES string of the molecule is C[C@H](OC(=O)CNS(=O)(=O)c1ccccc1F)C(=O)NCc1ccc(F)cc1. The predicted molar refractivity (Wildman–Crippen MR) is 95.4 cm³/mol. The molecule has 2 N–H and O–H groups in total. The van der Waals surface area contributed by atoms with Crippen molar-refractivity contribution in [2.75, 3.05) is 6.54 Å². The summed E-state index contributed by atoms with van der Waals surface area (Å²) in [5.74, 6) is -2.99. The Hall–Kier alpha value is -2.85. The van der Waals surface area contributed by atoms with Crippen LogP contribution in [0.15, 0.2) is 53.4 Å². The first-order valence-electron chi connectivity index (χ1n) is 8.15. The molecule has 0 aliphatic carbocycles. The molecule has 2 aromatic carbocycles. The molecule has 2 aromatic rings. The van der Waals surface area contributed by atoms with Crippen molar-refractivity contribution >= 4 is 21.9 Å². The minimum absolute atomic E-state index is 0.0981. The minimum Gasteiger partial charge on any atom is -0.452 e. The molecule has 10 heteroatoms. The third-order valence-corrected chi connectivity index (χ3v) is 5.02. The lowest BCUT2D eigenvalue weighted by Gasteiger charge is -2.14. The molecule has 0 aliphatic heterocycles. The zero-order chi connectivity index (χ0) is 20.7. The van der Waals surface area contributed by atoms with Crippen LogP contribution in [0.4, 0.5) is 8.78 Å². The Morgan fingerprint density at radius 1 is 1.07 bits per heavy atom. The van der Waals surface area contributed by atoms with Gasteiger partial charge in [-0.25, -0.2) is 17.2 Å². The highest BCUT2D eigenvalue weighted by Gasteiger charge is 2.22. The smallest absolute Gasteiger partial charge is 0.321 e. The Morgan fingerprint density at radius 3 is 2.36 bits per heavy atom. The number of sulfonamides is 1. The summed E-state index contributed by atoms with van der Waals surface area (Å²) >= 11 is 0. The summed E-state index contributed by atoms with van der Waals surface area (Å²) in [6.45, 7) is 0.635. The second-order valence-corrected chi connectivity index (χ2v) is 7.47. The van der Waals surface area contributed by atoms with Crippen molar-refractivity contribution in [2.24, 2.45) is 0 Å². The Kier molecular flexibility index (Phi) is 7.18. The van der Waals surface area contributed by atoms with E-state index >= 15 is 0 Å². The number of amides is 1. The van der Waals surface area contributed by atoms with E-state index in [1.54, 1.807) is 0 Å². The van der Waals surface area contributed by atoms with E-state index in [0.717, 1.165) is 12.1 Å². The zero-order valence-electron chi connectivity index (χ0n) is 14.8. The standard InChI is InChI=1S/C18H18F2N2O5S/c1-12(18(24)21-10-13-6-8-14(19)9-7-13)27-17(23)11-22-28(25,26)16-5-3-2-4-15(16)20/h2-9,12,22H,10-11H2,1H3,(H,21,24)/t12-/m0/s1. The number of rotatable bonds is 8. The van der Waals surface area contributed by atoms with E-state index < -0.39 is 51.1 Å². The summed E-state index contributed by atoms with van der Waals surface area (Å²) in [4.78, 5) is 23.1. The number of carbonyl (C=O) groups excluding carboxylic acids is 2. The number of ether oxygens (including phenoxy) is 1. The summed E-state index contributed by atoms with van der Waals surface area (Å²) in [6, 6.07) is 10.2. The fraction of sp³-hybridized carbons (Fsp3) is 0.222. The molecule has 28 heavy (non-hydrogen) atoms. The molecule has 0 unspecified atom stereocenters. The van der Waals surface area contributed by atoms with Crippen LogP contribution in [-0.4, -0.2) is 32.9 Å². The molecule has 0 spiro atoms. The second-order valence-electron chi connectivity index (χ2n) is 5.73. The summed E-state index contributed by atoms with van der Waals surface area (Å²) in [5.41, 5.74) is 0.644. The highest BCUT2D eigenvalue weighted by molar-refractivity contribution is 7.89. The third kappa shape index (κ3) is 6.10. The van der Waals surface area contributed by atoms with Gasteiger partial charge in [-0.2, -0.15) is 4.72 Å². The number of carbonyl (C=O) groups is 2. The average molecular weight is 412 g/mol. The zero-order valence-corrected chi connectivity index (χ0v) is 15.6. The Bertz CT molecular complexity index is 949. The first-order valence-corrected chi connectivity index (χ1v) is 9.63. The number of hydrogen-bond acceptors (Lipinski definition) is 5. The monoisotopic (exact) mass is 412 g/mol. The molecule has 1 atom stereocenters. The van der Waals surface area contributed by atoms with Crippen molar-refractivity contribution < 1.29 is 31.5 Å². The van der Waals surface area contributed by atoms with E-state index in [-0.39, 0.29) is 6.54 Å². The molecule has 0 radical (unpaired) electrons.